The summed E-state index contributed by atoms with van der Waals surface area (Å²) in [5.41, 5.74) is -0.419. The molecule has 0 bridgehead atoms. The summed E-state index contributed by atoms with van der Waals surface area (Å²) in [6.45, 7) is 17.1. The average molecular weight is 889 g/mol. The van der Waals surface area contributed by atoms with Crippen LogP contribution in [-0.4, -0.2) is 64.8 Å². The summed E-state index contributed by atoms with van der Waals surface area (Å²) < 4.78 is 63.6. The van der Waals surface area contributed by atoms with Gasteiger partial charge in [-0.3, -0.25) is 22.6 Å². The normalized spacial score (nSPS) is 41.1. The molecule has 4 aliphatic heterocycles. The first kappa shape index (κ1) is 50.9. The van der Waals surface area contributed by atoms with Crippen LogP contribution < -0.4 is 29.6 Å². The van der Waals surface area contributed by atoms with Crippen LogP contribution in [0.4, 0.5) is 0 Å². The van der Waals surface area contributed by atoms with Crippen LogP contribution in [0.5, 0.6) is 0 Å². The van der Waals surface area contributed by atoms with Gasteiger partial charge in [-0.2, -0.15) is 0 Å². The third kappa shape index (κ3) is 15.2. The predicted molar refractivity (Wildman–Crippen MR) is 224 cm³/mol. The number of thioether (sulfide) groups is 2. The van der Waals surface area contributed by atoms with Crippen molar-refractivity contribution in [2.24, 2.45) is 23.7 Å². The Morgan fingerprint density at radius 1 is 0.661 bits per heavy atom. The number of phosphoric acid groups is 1. The minimum Gasteiger partial charge on any atom is -1.00 e. The maximum absolute atomic E-state index is 13.2. The molecule has 4 heterocycles. The number of hydrogen-bond donors (Lipinski definition) is 1. The summed E-state index contributed by atoms with van der Waals surface area (Å²) in [5, 5.41) is 10.3. The van der Waals surface area contributed by atoms with E-state index in [9.17, 15) is 14.2 Å². The van der Waals surface area contributed by atoms with E-state index in [1.165, 1.54) is 0 Å². The number of benzene rings is 2. The Labute approximate surface area is 373 Å². The number of hydrogen-bond acceptors (Lipinski definition) is 12. The van der Waals surface area contributed by atoms with Gasteiger partial charge in [0, 0.05) is 33.9 Å². The third-order valence-electron chi connectivity index (χ3n) is 10.7. The molecule has 4 fully saturated rings. The number of aliphatic hydroxyl groups is 1. The second-order valence-corrected chi connectivity index (χ2v) is 21.7. The van der Waals surface area contributed by atoms with Crippen molar-refractivity contribution in [3.05, 3.63) is 60.7 Å². The second kappa shape index (κ2) is 23.7. The smallest absolute Gasteiger partial charge is 1.00 e. The molecule has 0 saturated carbocycles. The van der Waals surface area contributed by atoms with Gasteiger partial charge in [-0.1, -0.05) is 101 Å². The van der Waals surface area contributed by atoms with Crippen molar-refractivity contribution in [2.45, 2.75) is 164 Å². The Balaban J connectivity index is 0.000000322. The first-order chi connectivity index (χ1) is 25.9. The standard InChI is InChI=1S/C20H31O5PS.C15H22O2S.C5H10ClO3P.Na.H/c1-6-18-15(4)16(5)19(20(22-18)27-17-10-8-7-9-11-17)25-26(21)23-13(2)12-14(3)24-26;1-4-13-10(2)11(3)14(16)15(17-13)18-12-8-6-5-7-9-12;1-4-3-5(2)9-10(6,7)8-4;;/h7-11,13-16,18-20H,6,12H2,1-5H3;5-11,13-16H,4H2,1-3H3;4-5H,3H2,1-2H3;;/q;;;+1;-1/t13-,14-,15?,16?,18?,19?,20?;;4-,5-;;/m0.0../s1. The molecular weight excluding hydrogens is 825 g/mol. The molecule has 14 atom stereocenters. The van der Waals surface area contributed by atoms with Crippen LogP contribution >= 0.6 is 49.5 Å². The minimum atomic E-state index is -3.62. The number of rotatable bonds is 8. The van der Waals surface area contributed by atoms with Gasteiger partial charge in [-0.05, 0) is 88.5 Å². The third-order valence-corrected chi connectivity index (χ3v) is 16.4. The molecule has 10 unspecified atom stereocenters. The van der Waals surface area contributed by atoms with Crippen molar-refractivity contribution >= 4 is 49.5 Å². The van der Waals surface area contributed by atoms with E-state index in [4.69, 9.17) is 43.3 Å². The number of aliphatic hydroxyl groups excluding tert-OH is 1. The quantitative estimate of drug-likeness (QED) is 0.201. The molecule has 10 nitrogen and oxygen atoms in total. The van der Waals surface area contributed by atoms with E-state index in [1.807, 2.05) is 64.1 Å². The van der Waals surface area contributed by atoms with Crippen LogP contribution in [0.3, 0.4) is 0 Å². The van der Waals surface area contributed by atoms with Gasteiger partial charge in [0.25, 0.3) is 0 Å². The van der Waals surface area contributed by atoms with Crippen molar-refractivity contribution in [3.63, 3.8) is 0 Å². The zero-order chi connectivity index (χ0) is 40.5. The summed E-state index contributed by atoms with van der Waals surface area (Å²) in [4.78, 5) is 2.25. The van der Waals surface area contributed by atoms with Crippen molar-refractivity contribution in [1.29, 1.82) is 0 Å². The Bertz CT molecular complexity index is 1520. The molecule has 2 aromatic carbocycles. The molecule has 0 radical (unpaired) electrons. The molecule has 0 amide bonds. The minimum absolute atomic E-state index is 0. The first-order valence-corrected chi connectivity index (χ1v) is 25.3. The van der Waals surface area contributed by atoms with Gasteiger partial charge in [-0.25, -0.2) is 9.13 Å². The Kier molecular flexibility index (Phi) is 21.5. The SMILES string of the molecule is CCC1OC(Sc2ccccc2)C(O)C(C)C1C.CCC1OC(Sc2ccccc2)C(OP2(=O)O[C@@H](C)C[C@H](C)O2)C(C)C1C.C[C@H]1C[C@H](C)OP(=O)(Cl)O1.[H-].[Na+]. The fraction of sp³-hybridized carbons (Fsp3) is 0.700. The van der Waals surface area contributed by atoms with Gasteiger partial charge in [0.2, 0.25) is 0 Å². The Morgan fingerprint density at radius 2 is 1.05 bits per heavy atom. The summed E-state index contributed by atoms with van der Waals surface area (Å²) >= 11 is 8.61. The van der Waals surface area contributed by atoms with E-state index in [1.54, 1.807) is 23.5 Å². The van der Waals surface area contributed by atoms with E-state index < -0.39 is 20.9 Å². The monoisotopic (exact) mass is 888 g/mol. The van der Waals surface area contributed by atoms with Gasteiger partial charge < -0.3 is 16.0 Å². The van der Waals surface area contributed by atoms with E-state index in [2.05, 4.69) is 65.8 Å². The van der Waals surface area contributed by atoms with Gasteiger partial charge in [0.05, 0.1) is 42.7 Å². The van der Waals surface area contributed by atoms with Crippen molar-refractivity contribution in [1.82, 2.24) is 0 Å². The molecule has 16 heteroatoms. The van der Waals surface area contributed by atoms with Crippen LogP contribution in [0.1, 0.15) is 96.3 Å². The maximum Gasteiger partial charge on any atom is 1.00 e. The topological polar surface area (TPSA) is 119 Å². The molecule has 4 saturated heterocycles. The Morgan fingerprint density at radius 3 is 1.48 bits per heavy atom. The number of halogens is 1. The predicted octanol–water partition coefficient (Wildman–Crippen LogP) is 9.10. The van der Waals surface area contributed by atoms with E-state index in [-0.39, 0.29) is 96.4 Å². The maximum atomic E-state index is 13.2. The molecule has 2 aromatic rings. The zero-order valence-electron chi connectivity index (χ0n) is 35.9. The van der Waals surface area contributed by atoms with Crippen molar-refractivity contribution in [3.8, 4) is 0 Å². The summed E-state index contributed by atoms with van der Waals surface area (Å²) in [5.74, 6) is 1.15. The summed E-state index contributed by atoms with van der Waals surface area (Å²) in [7, 11) is -3.62. The molecule has 0 aromatic heterocycles. The number of ether oxygens (including phenoxy) is 2. The Hall–Kier alpha value is 0.570. The van der Waals surface area contributed by atoms with Crippen LogP contribution in [0, 0.1) is 23.7 Å². The molecule has 4 aliphatic rings. The van der Waals surface area contributed by atoms with Crippen LogP contribution in [0.25, 0.3) is 0 Å². The fourth-order valence-electron chi connectivity index (χ4n) is 7.30. The van der Waals surface area contributed by atoms with E-state index >= 15 is 0 Å². The average Bonchev–Trinajstić information content (AvgIpc) is 3.11. The van der Waals surface area contributed by atoms with Crippen molar-refractivity contribution < 1.29 is 77.3 Å². The van der Waals surface area contributed by atoms with Crippen LogP contribution in [-0.2, 0) is 41.2 Å². The van der Waals surface area contributed by atoms with E-state index in [0.717, 1.165) is 29.1 Å². The number of phosphoric ester groups is 1. The summed E-state index contributed by atoms with van der Waals surface area (Å²) in [6, 6.07) is 20.2. The molecule has 314 valence electrons. The van der Waals surface area contributed by atoms with Crippen molar-refractivity contribution in [2.75, 3.05) is 0 Å². The largest absolute Gasteiger partial charge is 1.00 e. The second-order valence-electron chi connectivity index (χ2n) is 15.3. The molecule has 0 aliphatic carbocycles. The summed E-state index contributed by atoms with van der Waals surface area (Å²) in [6.07, 6.45) is 2.59. The zero-order valence-corrected chi connectivity index (χ0v) is 41.1. The van der Waals surface area contributed by atoms with Gasteiger partial charge in [-0.15, -0.1) is 0 Å². The van der Waals surface area contributed by atoms with Crippen LogP contribution in [0.2, 0.25) is 0 Å². The molecule has 6 rings (SSSR count). The van der Waals surface area contributed by atoms with Gasteiger partial charge >= 0.3 is 44.3 Å². The molecule has 1 N–H and O–H groups in total. The molecular formula is C40H64ClNaO10P2S2. The van der Waals surface area contributed by atoms with Gasteiger partial charge in [0.15, 0.2) is 0 Å². The molecule has 56 heavy (non-hydrogen) atoms. The van der Waals surface area contributed by atoms with Crippen LogP contribution in [0.15, 0.2) is 70.5 Å². The first-order valence-electron chi connectivity index (χ1n) is 19.7. The molecule has 0 spiro atoms. The van der Waals surface area contributed by atoms with E-state index in [0.29, 0.717) is 18.3 Å². The van der Waals surface area contributed by atoms with Gasteiger partial charge in [0.1, 0.15) is 17.0 Å². The fourth-order valence-corrected chi connectivity index (χ4v) is 13.5.